The molecular formula is C17H23N3S. The van der Waals surface area contributed by atoms with Gasteiger partial charge in [-0.25, -0.2) is 0 Å². The quantitative estimate of drug-likeness (QED) is 0.885. The van der Waals surface area contributed by atoms with E-state index in [1.165, 1.54) is 41.2 Å². The molecule has 3 nitrogen and oxygen atoms in total. The number of aryl methyl sites for hydroxylation is 3. The van der Waals surface area contributed by atoms with Crippen LogP contribution in [0.25, 0.3) is 0 Å². The first-order chi connectivity index (χ1) is 10.3. The van der Waals surface area contributed by atoms with Gasteiger partial charge in [-0.2, -0.15) is 0 Å². The molecule has 1 N–H and O–H groups in total. The highest BCUT2D eigenvalue weighted by atomic mass is 32.1. The number of aromatic nitrogens is 2. The smallest absolute Gasteiger partial charge is 0.0772 e. The van der Waals surface area contributed by atoms with E-state index < -0.39 is 0 Å². The number of benzene rings is 1. The summed E-state index contributed by atoms with van der Waals surface area (Å²) in [4.78, 5) is 1.28. The fraction of sp³-hybridized carbons (Fsp3) is 0.529. The van der Waals surface area contributed by atoms with Crippen molar-refractivity contribution in [3.8, 4) is 0 Å². The third kappa shape index (κ3) is 3.33. The maximum absolute atomic E-state index is 4.17. The average Bonchev–Trinajstić information content (AvgIpc) is 3.11. The lowest BCUT2D eigenvalue weighted by atomic mass is 9.99. The van der Waals surface area contributed by atoms with Crippen molar-refractivity contribution in [1.29, 1.82) is 0 Å². The van der Waals surface area contributed by atoms with Crippen molar-refractivity contribution in [3.63, 3.8) is 0 Å². The second kappa shape index (κ2) is 6.67. The van der Waals surface area contributed by atoms with Gasteiger partial charge in [0.1, 0.15) is 0 Å². The minimum atomic E-state index is 0.337. The molecule has 0 spiro atoms. The summed E-state index contributed by atoms with van der Waals surface area (Å²) in [6, 6.07) is 7.37. The molecule has 0 saturated heterocycles. The van der Waals surface area contributed by atoms with E-state index in [0.29, 0.717) is 6.04 Å². The van der Waals surface area contributed by atoms with Gasteiger partial charge in [0.2, 0.25) is 0 Å². The van der Waals surface area contributed by atoms with Gasteiger partial charge in [-0.3, -0.25) is 0 Å². The number of nitrogens with zero attached hydrogens (tertiary/aromatic N) is 2. The molecule has 0 radical (unpaired) electrons. The minimum Gasteiger partial charge on any atom is -0.309 e. The van der Waals surface area contributed by atoms with Gasteiger partial charge in [0.25, 0.3) is 0 Å². The second-order valence-electron chi connectivity index (χ2n) is 5.89. The van der Waals surface area contributed by atoms with Gasteiger partial charge in [0, 0.05) is 6.04 Å². The first-order valence-corrected chi connectivity index (χ1v) is 8.68. The lowest BCUT2D eigenvalue weighted by Crippen LogP contribution is -2.24. The topological polar surface area (TPSA) is 37.8 Å². The minimum absolute atomic E-state index is 0.337. The molecule has 0 bridgehead atoms. The summed E-state index contributed by atoms with van der Waals surface area (Å²) in [6.45, 7) is 5.30. The zero-order valence-electron chi connectivity index (χ0n) is 12.9. The molecule has 1 atom stereocenters. The van der Waals surface area contributed by atoms with Crippen LogP contribution in [-0.2, 0) is 19.3 Å². The van der Waals surface area contributed by atoms with Crippen molar-refractivity contribution in [2.75, 3.05) is 6.54 Å². The van der Waals surface area contributed by atoms with Crippen LogP contribution in [0, 0.1) is 6.92 Å². The summed E-state index contributed by atoms with van der Waals surface area (Å²) in [5.74, 6) is 0. The molecule has 1 aliphatic carbocycles. The fourth-order valence-corrected chi connectivity index (χ4v) is 3.84. The molecule has 21 heavy (non-hydrogen) atoms. The largest absolute Gasteiger partial charge is 0.309 e. The van der Waals surface area contributed by atoms with E-state index in [9.17, 15) is 0 Å². The molecule has 1 heterocycles. The molecule has 1 aromatic carbocycles. The predicted molar refractivity (Wildman–Crippen MR) is 87.9 cm³/mol. The van der Waals surface area contributed by atoms with Crippen LogP contribution in [-0.4, -0.2) is 16.1 Å². The Kier molecular flexibility index (Phi) is 4.66. The summed E-state index contributed by atoms with van der Waals surface area (Å²) >= 11 is 1.53. The van der Waals surface area contributed by atoms with Crippen molar-refractivity contribution < 1.29 is 0 Å². The lowest BCUT2D eigenvalue weighted by molar-refractivity contribution is 0.533. The normalized spacial score (nSPS) is 15.1. The number of hydrogen-bond donors (Lipinski definition) is 1. The second-order valence-corrected chi connectivity index (χ2v) is 6.68. The third-order valence-electron chi connectivity index (χ3n) is 4.25. The van der Waals surface area contributed by atoms with E-state index in [4.69, 9.17) is 0 Å². The van der Waals surface area contributed by atoms with Crippen molar-refractivity contribution in [2.45, 2.75) is 52.0 Å². The van der Waals surface area contributed by atoms with Crippen molar-refractivity contribution in [1.82, 2.24) is 14.9 Å². The first-order valence-electron chi connectivity index (χ1n) is 7.91. The molecule has 0 saturated carbocycles. The molecular weight excluding hydrogens is 278 g/mol. The zero-order chi connectivity index (χ0) is 14.7. The van der Waals surface area contributed by atoms with Crippen molar-refractivity contribution >= 4 is 11.5 Å². The number of rotatable bonds is 6. The van der Waals surface area contributed by atoms with Crippen LogP contribution in [0.4, 0.5) is 0 Å². The summed E-state index contributed by atoms with van der Waals surface area (Å²) in [5.41, 5.74) is 5.60. The van der Waals surface area contributed by atoms with Gasteiger partial charge in [0.05, 0.1) is 10.6 Å². The maximum Gasteiger partial charge on any atom is 0.0772 e. The van der Waals surface area contributed by atoms with Crippen LogP contribution in [0.2, 0.25) is 0 Å². The van der Waals surface area contributed by atoms with Crippen LogP contribution >= 0.6 is 11.5 Å². The van der Waals surface area contributed by atoms with Crippen molar-refractivity contribution in [2.24, 2.45) is 0 Å². The monoisotopic (exact) mass is 301 g/mol. The Morgan fingerprint density at radius 2 is 2.14 bits per heavy atom. The average molecular weight is 301 g/mol. The Bertz CT molecular complexity index is 606. The summed E-state index contributed by atoms with van der Waals surface area (Å²) in [5, 5.41) is 7.83. The molecule has 0 aliphatic heterocycles. The molecule has 112 valence electrons. The molecule has 0 fully saturated rings. The van der Waals surface area contributed by atoms with E-state index in [2.05, 4.69) is 47.0 Å². The standard InChI is InChI=1S/C17H23N3S/c1-3-9-18-16(17-12(2)19-20-21-17)11-13-7-8-14-5-4-6-15(14)10-13/h7-8,10,16,18H,3-6,9,11H2,1-2H3. The molecule has 3 rings (SSSR count). The van der Waals surface area contributed by atoms with Gasteiger partial charge in [-0.05, 0) is 73.8 Å². The molecule has 1 unspecified atom stereocenters. The molecule has 0 amide bonds. The van der Waals surface area contributed by atoms with E-state index in [0.717, 1.165) is 25.1 Å². The van der Waals surface area contributed by atoms with Crippen LogP contribution < -0.4 is 5.32 Å². The van der Waals surface area contributed by atoms with Crippen LogP contribution in [0.3, 0.4) is 0 Å². The van der Waals surface area contributed by atoms with Gasteiger partial charge in [-0.15, -0.1) is 5.10 Å². The van der Waals surface area contributed by atoms with Gasteiger partial charge in [0.15, 0.2) is 0 Å². The molecule has 4 heteroatoms. The van der Waals surface area contributed by atoms with Crippen LogP contribution in [0.15, 0.2) is 18.2 Å². The highest BCUT2D eigenvalue weighted by Gasteiger charge is 2.18. The first kappa shape index (κ1) is 14.7. The SMILES string of the molecule is CCCNC(Cc1ccc2c(c1)CCC2)c1snnc1C. The maximum atomic E-state index is 4.17. The highest BCUT2D eigenvalue weighted by Crippen LogP contribution is 2.27. The number of fused-ring (bicyclic) bond motifs is 1. The summed E-state index contributed by atoms with van der Waals surface area (Å²) in [7, 11) is 0. The highest BCUT2D eigenvalue weighted by molar-refractivity contribution is 7.05. The van der Waals surface area contributed by atoms with E-state index in [1.807, 2.05) is 0 Å². The fourth-order valence-electron chi connectivity index (χ4n) is 3.12. The Labute approximate surface area is 131 Å². The van der Waals surface area contributed by atoms with E-state index >= 15 is 0 Å². The Morgan fingerprint density at radius 3 is 2.90 bits per heavy atom. The summed E-state index contributed by atoms with van der Waals surface area (Å²) < 4.78 is 4.10. The summed E-state index contributed by atoms with van der Waals surface area (Å²) in [6.07, 6.45) is 5.99. The van der Waals surface area contributed by atoms with Crippen molar-refractivity contribution in [3.05, 3.63) is 45.5 Å². The van der Waals surface area contributed by atoms with Gasteiger partial charge >= 0.3 is 0 Å². The van der Waals surface area contributed by atoms with Crippen LogP contribution in [0.5, 0.6) is 0 Å². The van der Waals surface area contributed by atoms with E-state index in [-0.39, 0.29) is 0 Å². The number of nitrogens with one attached hydrogen (secondary N) is 1. The van der Waals surface area contributed by atoms with E-state index in [1.54, 1.807) is 11.1 Å². The van der Waals surface area contributed by atoms with Gasteiger partial charge in [-0.1, -0.05) is 29.6 Å². The molecule has 2 aromatic rings. The Morgan fingerprint density at radius 1 is 1.29 bits per heavy atom. The predicted octanol–water partition coefficient (Wildman–Crippen LogP) is 3.62. The zero-order valence-corrected chi connectivity index (χ0v) is 13.7. The van der Waals surface area contributed by atoms with Crippen LogP contribution in [0.1, 0.15) is 53.1 Å². The molecule has 1 aliphatic rings. The van der Waals surface area contributed by atoms with Gasteiger partial charge < -0.3 is 5.32 Å². The number of hydrogen-bond acceptors (Lipinski definition) is 4. The molecule has 1 aromatic heterocycles. The third-order valence-corrected chi connectivity index (χ3v) is 5.19. The lowest BCUT2D eigenvalue weighted by Gasteiger charge is -2.18. The Balaban J connectivity index is 1.79. The Hall–Kier alpha value is -1.26.